The summed E-state index contributed by atoms with van der Waals surface area (Å²) < 4.78 is 0. The second-order valence-corrected chi connectivity index (χ2v) is 8.26. The minimum absolute atomic E-state index is 0.0512. The summed E-state index contributed by atoms with van der Waals surface area (Å²) >= 11 is 1.65. The van der Waals surface area contributed by atoms with Crippen molar-refractivity contribution in [2.24, 2.45) is 0 Å². The first kappa shape index (κ1) is 18.9. The number of carbonyl (C=O) groups excluding carboxylic acids is 1. The lowest BCUT2D eigenvalue weighted by Crippen LogP contribution is -2.09. The fraction of sp³-hybridized carbons (Fsp3) is 0.0385. The van der Waals surface area contributed by atoms with Gasteiger partial charge in [0, 0.05) is 28.7 Å². The highest BCUT2D eigenvalue weighted by atomic mass is 32.2. The average molecular weight is 417 g/mol. The summed E-state index contributed by atoms with van der Waals surface area (Å²) in [4.78, 5) is 16.3. The molecule has 0 radical (unpaired) electrons. The van der Waals surface area contributed by atoms with Gasteiger partial charge in [-0.2, -0.15) is 10.5 Å². The summed E-state index contributed by atoms with van der Waals surface area (Å²) in [5.41, 5.74) is 3.01. The number of nitrogens with zero attached hydrogens (tertiary/aromatic N) is 3. The number of ketones is 1. The molecule has 3 aromatic carbocycles. The number of allylic oxidation sites excluding steroid dienone is 5. The van der Waals surface area contributed by atoms with Crippen molar-refractivity contribution in [3.05, 3.63) is 100 Å². The highest BCUT2D eigenvalue weighted by molar-refractivity contribution is 8.04. The fourth-order valence-corrected chi connectivity index (χ4v) is 5.25. The zero-order valence-electron chi connectivity index (χ0n) is 16.6. The van der Waals surface area contributed by atoms with E-state index in [1.807, 2.05) is 43.5 Å². The summed E-state index contributed by atoms with van der Waals surface area (Å²) in [6.07, 6.45) is 3.63. The van der Waals surface area contributed by atoms with Crippen LogP contribution in [0.4, 0.5) is 5.69 Å². The largest absolute Gasteiger partial charge is 0.338 e. The molecule has 0 saturated carbocycles. The van der Waals surface area contributed by atoms with E-state index in [4.69, 9.17) is 0 Å². The number of carbonyl (C=O) groups is 1. The first-order valence-corrected chi connectivity index (χ1v) is 10.5. The van der Waals surface area contributed by atoms with Crippen LogP contribution in [0.2, 0.25) is 0 Å². The molecule has 0 N–H and O–H groups in total. The lowest BCUT2D eigenvalue weighted by molar-refractivity contribution is 0.104. The Hall–Kier alpha value is -4.06. The number of Topliss-reactive ketones (excluding diaryl/α,β-unsaturated/α-hetero) is 1. The van der Waals surface area contributed by atoms with Crippen molar-refractivity contribution in [3.8, 4) is 12.1 Å². The first-order chi connectivity index (χ1) is 15.1. The van der Waals surface area contributed by atoms with Gasteiger partial charge in [0.05, 0.1) is 10.7 Å². The van der Waals surface area contributed by atoms with E-state index in [9.17, 15) is 15.3 Å². The molecule has 0 amide bonds. The molecule has 0 saturated heterocycles. The van der Waals surface area contributed by atoms with Gasteiger partial charge in [0.1, 0.15) is 17.7 Å². The molecular formula is C26H15N3OS. The van der Waals surface area contributed by atoms with E-state index < -0.39 is 0 Å². The Balaban J connectivity index is 1.62. The summed E-state index contributed by atoms with van der Waals surface area (Å²) in [6, 6.07) is 23.5. The van der Waals surface area contributed by atoms with Crippen LogP contribution in [-0.4, -0.2) is 12.8 Å². The van der Waals surface area contributed by atoms with Crippen molar-refractivity contribution in [1.29, 1.82) is 10.5 Å². The van der Waals surface area contributed by atoms with Crippen LogP contribution in [0.5, 0.6) is 0 Å². The quantitative estimate of drug-likeness (QED) is 0.367. The second-order valence-electron chi connectivity index (χ2n) is 7.23. The van der Waals surface area contributed by atoms with Gasteiger partial charge < -0.3 is 4.90 Å². The lowest BCUT2D eigenvalue weighted by Gasteiger charge is -2.13. The zero-order valence-corrected chi connectivity index (χ0v) is 17.4. The predicted octanol–water partition coefficient (Wildman–Crippen LogP) is 5.85. The number of hydrogen-bond donors (Lipinski definition) is 0. The van der Waals surface area contributed by atoms with Crippen molar-refractivity contribution in [2.45, 2.75) is 4.90 Å². The summed E-state index contributed by atoms with van der Waals surface area (Å²) in [5.74, 6) is -0.168. The molecule has 0 bridgehead atoms. The third kappa shape index (κ3) is 2.87. The van der Waals surface area contributed by atoms with Gasteiger partial charge in [-0.3, -0.25) is 4.79 Å². The lowest BCUT2D eigenvalue weighted by atomic mass is 9.99. The Labute approximate surface area is 184 Å². The van der Waals surface area contributed by atoms with Crippen molar-refractivity contribution in [3.63, 3.8) is 0 Å². The number of rotatable bonds is 1. The van der Waals surface area contributed by atoms with Crippen molar-refractivity contribution >= 4 is 39.6 Å². The number of nitriles is 2. The molecule has 4 nitrogen and oxygen atoms in total. The Morgan fingerprint density at radius 1 is 0.935 bits per heavy atom. The normalized spacial score (nSPS) is 17.1. The molecule has 0 unspecified atom stereocenters. The second kappa shape index (κ2) is 7.32. The van der Waals surface area contributed by atoms with Crippen LogP contribution in [0.15, 0.2) is 93.9 Å². The molecule has 31 heavy (non-hydrogen) atoms. The van der Waals surface area contributed by atoms with Gasteiger partial charge in [-0.25, -0.2) is 0 Å². The van der Waals surface area contributed by atoms with Crippen molar-refractivity contribution in [1.82, 2.24) is 0 Å². The minimum Gasteiger partial charge on any atom is -0.338 e. The van der Waals surface area contributed by atoms with Gasteiger partial charge in [0.2, 0.25) is 0 Å². The van der Waals surface area contributed by atoms with Crippen LogP contribution >= 0.6 is 11.8 Å². The predicted molar refractivity (Wildman–Crippen MR) is 123 cm³/mol. The Kier molecular flexibility index (Phi) is 4.47. The molecule has 0 spiro atoms. The van der Waals surface area contributed by atoms with Crippen molar-refractivity contribution < 1.29 is 4.79 Å². The maximum atomic E-state index is 13.1. The molecule has 0 atom stereocenters. The summed E-state index contributed by atoms with van der Waals surface area (Å²) in [5, 5.41) is 22.3. The van der Waals surface area contributed by atoms with Crippen LogP contribution in [0.25, 0.3) is 16.3 Å². The van der Waals surface area contributed by atoms with Gasteiger partial charge >= 0.3 is 0 Å². The molecule has 1 aliphatic carbocycles. The standard InChI is InChI=1S/C26H15N3OS/c1-29-22-12-10-16-6-2-3-7-18(16)26(22)31-23(29)13-11-21-24(17(14-27)15-28)19-8-4-5-9-20(19)25(21)30/h2-13H,1H3/b21-11-,23-13-. The van der Waals surface area contributed by atoms with Crippen LogP contribution in [0, 0.1) is 22.7 Å². The number of fused-ring (bicyclic) bond motifs is 4. The number of hydrogen-bond acceptors (Lipinski definition) is 5. The number of thioether (sulfide) groups is 1. The molecule has 5 rings (SSSR count). The van der Waals surface area contributed by atoms with Crippen molar-refractivity contribution in [2.75, 3.05) is 11.9 Å². The van der Waals surface area contributed by atoms with Gasteiger partial charge in [0.15, 0.2) is 5.78 Å². The molecule has 3 aromatic rings. The fourth-order valence-electron chi connectivity index (χ4n) is 4.06. The van der Waals surface area contributed by atoms with E-state index in [1.165, 1.54) is 15.7 Å². The van der Waals surface area contributed by atoms with E-state index >= 15 is 0 Å². The van der Waals surface area contributed by atoms with E-state index in [1.54, 1.807) is 36.0 Å². The van der Waals surface area contributed by atoms with Gasteiger partial charge in [0.25, 0.3) is 0 Å². The molecule has 146 valence electrons. The molecule has 0 fully saturated rings. The molecule has 5 heteroatoms. The average Bonchev–Trinajstić information content (AvgIpc) is 3.28. The van der Waals surface area contributed by atoms with Gasteiger partial charge in [-0.1, -0.05) is 66.4 Å². The topological polar surface area (TPSA) is 67.9 Å². The summed E-state index contributed by atoms with van der Waals surface area (Å²) in [6.45, 7) is 0. The number of anilines is 1. The zero-order chi connectivity index (χ0) is 21.5. The first-order valence-electron chi connectivity index (χ1n) is 9.68. The Morgan fingerprint density at radius 2 is 1.65 bits per heavy atom. The van der Waals surface area contributed by atoms with Gasteiger partial charge in [-0.05, 0) is 34.6 Å². The molecule has 2 aliphatic rings. The van der Waals surface area contributed by atoms with E-state index in [0.717, 1.165) is 10.7 Å². The SMILES string of the molecule is CN1/C(=C/C=C2\C(=O)c3ccccc3C2=C(C#N)C#N)Sc2c1ccc1ccccc21. The molecular weight excluding hydrogens is 402 g/mol. The minimum atomic E-state index is -0.168. The Morgan fingerprint density at radius 3 is 2.42 bits per heavy atom. The molecule has 0 aromatic heterocycles. The van der Waals surface area contributed by atoms with E-state index in [-0.39, 0.29) is 11.4 Å². The van der Waals surface area contributed by atoms with Crippen LogP contribution in [0.3, 0.4) is 0 Å². The smallest absolute Gasteiger partial charge is 0.194 e. The van der Waals surface area contributed by atoms with Crippen LogP contribution in [-0.2, 0) is 0 Å². The summed E-state index contributed by atoms with van der Waals surface area (Å²) in [7, 11) is 2.00. The monoisotopic (exact) mass is 417 g/mol. The maximum absolute atomic E-state index is 13.1. The van der Waals surface area contributed by atoms with E-state index in [2.05, 4.69) is 29.2 Å². The Bertz CT molecular complexity index is 1450. The van der Waals surface area contributed by atoms with E-state index in [0.29, 0.717) is 22.3 Å². The maximum Gasteiger partial charge on any atom is 0.194 e. The third-order valence-electron chi connectivity index (χ3n) is 5.58. The highest BCUT2D eigenvalue weighted by Gasteiger charge is 2.32. The van der Waals surface area contributed by atoms with Gasteiger partial charge in [-0.15, -0.1) is 0 Å². The third-order valence-corrected chi connectivity index (χ3v) is 6.83. The highest BCUT2D eigenvalue weighted by Crippen LogP contribution is 2.49. The number of benzene rings is 3. The van der Waals surface area contributed by atoms with Crippen LogP contribution < -0.4 is 4.90 Å². The molecule has 1 heterocycles. The van der Waals surface area contributed by atoms with Crippen LogP contribution in [0.1, 0.15) is 15.9 Å². The molecule has 1 aliphatic heterocycles.